The number of carbonyl (C=O) groups is 4. The fraction of sp³-hybridized carbons (Fsp3) is 0.308. The van der Waals surface area contributed by atoms with Crippen LogP contribution in [-0.4, -0.2) is 74.8 Å². The lowest BCUT2D eigenvalue weighted by Crippen LogP contribution is -2.59. The van der Waals surface area contributed by atoms with Gasteiger partial charge in [-0.2, -0.15) is 0 Å². The van der Waals surface area contributed by atoms with Crippen molar-refractivity contribution in [2.75, 3.05) is 6.54 Å². The second-order valence-corrected chi connectivity index (χ2v) is 8.88. The van der Waals surface area contributed by atoms with E-state index in [1.165, 1.54) is 31.2 Å². The first kappa shape index (κ1) is 28.2. The Bertz CT molecular complexity index is 1290. The quantitative estimate of drug-likeness (QED) is 0.155. The molecular formula is C26H31N5O7. The van der Waals surface area contributed by atoms with Crippen molar-refractivity contribution in [3.05, 3.63) is 65.9 Å². The minimum Gasteiger partial charge on any atom is -0.508 e. The molecule has 4 atom stereocenters. The molecule has 4 unspecified atom stereocenters. The zero-order chi connectivity index (χ0) is 27.8. The van der Waals surface area contributed by atoms with Gasteiger partial charge in [-0.15, -0.1) is 0 Å². The number of aliphatic hydroxyl groups is 1. The number of hydrogen-bond acceptors (Lipinski definition) is 7. The number of H-pyrrole nitrogens is 1. The Kier molecular flexibility index (Phi) is 9.41. The Morgan fingerprint density at radius 2 is 1.58 bits per heavy atom. The summed E-state index contributed by atoms with van der Waals surface area (Å²) in [4.78, 5) is 53.2. The van der Waals surface area contributed by atoms with Gasteiger partial charge in [0.15, 0.2) is 0 Å². The number of aromatic hydroxyl groups is 1. The molecule has 0 aliphatic carbocycles. The van der Waals surface area contributed by atoms with E-state index in [-0.39, 0.29) is 18.6 Å². The van der Waals surface area contributed by atoms with Gasteiger partial charge in [-0.25, -0.2) is 4.79 Å². The fourth-order valence-corrected chi connectivity index (χ4v) is 3.97. The summed E-state index contributed by atoms with van der Waals surface area (Å²) in [6.07, 6.45) is 0.302. The summed E-state index contributed by atoms with van der Waals surface area (Å²) in [5, 5.41) is 37.4. The normalized spacial score (nSPS) is 14.2. The monoisotopic (exact) mass is 525 g/mol. The molecule has 2 aromatic carbocycles. The second-order valence-electron chi connectivity index (χ2n) is 8.88. The summed E-state index contributed by atoms with van der Waals surface area (Å²) in [6.45, 7) is 0.890. The van der Waals surface area contributed by atoms with Crippen molar-refractivity contribution in [3.63, 3.8) is 0 Å². The highest BCUT2D eigenvalue weighted by molar-refractivity contribution is 5.94. The zero-order valence-electron chi connectivity index (χ0n) is 20.7. The maximum Gasteiger partial charge on any atom is 0.326 e. The summed E-state index contributed by atoms with van der Waals surface area (Å²) >= 11 is 0. The molecular weight excluding hydrogens is 494 g/mol. The van der Waals surface area contributed by atoms with Crippen LogP contribution in [0, 0.1) is 0 Å². The molecule has 38 heavy (non-hydrogen) atoms. The third-order valence-electron chi connectivity index (χ3n) is 5.99. The first-order chi connectivity index (χ1) is 18.1. The molecule has 0 fully saturated rings. The molecule has 0 saturated carbocycles. The van der Waals surface area contributed by atoms with Crippen molar-refractivity contribution in [3.8, 4) is 5.75 Å². The minimum absolute atomic E-state index is 0.00942. The predicted octanol–water partition coefficient (Wildman–Crippen LogP) is -0.463. The molecule has 0 saturated heterocycles. The van der Waals surface area contributed by atoms with E-state index in [0.717, 1.165) is 10.9 Å². The Morgan fingerprint density at radius 3 is 2.21 bits per heavy atom. The number of amides is 3. The average Bonchev–Trinajstić information content (AvgIpc) is 3.29. The van der Waals surface area contributed by atoms with Crippen LogP contribution >= 0.6 is 0 Å². The predicted molar refractivity (Wildman–Crippen MR) is 138 cm³/mol. The van der Waals surface area contributed by atoms with E-state index in [1.54, 1.807) is 6.20 Å². The van der Waals surface area contributed by atoms with E-state index in [1.807, 2.05) is 24.3 Å². The number of para-hydroxylation sites is 1. The number of aliphatic carboxylic acids is 1. The molecule has 12 heteroatoms. The largest absolute Gasteiger partial charge is 0.508 e. The lowest BCUT2D eigenvalue weighted by Gasteiger charge is -2.25. The molecule has 3 amide bonds. The number of rotatable bonds is 12. The maximum atomic E-state index is 13.4. The number of phenols is 1. The van der Waals surface area contributed by atoms with Gasteiger partial charge in [0.1, 0.15) is 23.9 Å². The second kappa shape index (κ2) is 12.7. The number of carboxylic acids is 1. The minimum atomic E-state index is -1.39. The highest BCUT2D eigenvalue weighted by Gasteiger charge is 2.32. The Morgan fingerprint density at radius 1 is 0.921 bits per heavy atom. The van der Waals surface area contributed by atoms with E-state index < -0.39 is 54.5 Å². The number of carboxylic acid groups (broad SMARTS) is 1. The van der Waals surface area contributed by atoms with Crippen LogP contribution in [0.25, 0.3) is 10.9 Å². The van der Waals surface area contributed by atoms with Gasteiger partial charge in [0.2, 0.25) is 17.7 Å². The number of carbonyl (C=O) groups excluding carboxylic acids is 3. The van der Waals surface area contributed by atoms with Crippen molar-refractivity contribution in [2.24, 2.45) is 5.73 Å². The van der Waals surface area contributed by atoms with Gasteiger partial charge < -0.3 is 42.0 Å². The first-order valence-corrected chi connectivity index (χ1v) is 11.9. The van der Waals surface area contributed by atoms with Gasteiger partial charge in [0.25, 0.3) is 0 Å². The summed E-state index contributed by atoms with van der Waals surface area (Å²) in [5.74, 6) is -3.57. The molecule has 0 aliphatic heterocycles. The summed E-state index contributed by atoms with van der Waals surface area (Å²) < 4.78 is 0. The van der Waals surface area contributed by atoms with E-state index in [4.69, 9.17) is 5.73 Å². The standard InChI is InChI=1S/C26H31N5O7/c1-14(32)23(31-22(34)12-27)25(36)29-20(11-16-13-28-19-5-3-2-4-18(16)19)24(35)30-21(26(37)38)10-15-6-8-17(33)9-7-15/h2-9,13-14,20-21,23,28,32-33H,10-12,27H2,1H3,(H,29,36)(H,30,35)(H,31,34)(H,37,38). The van der Waals surface area contributed by atoms with Crippen LogP contribution in [0.5, 0.6) is 5.75 Å². The number of hydrogen-bond donors (Lipinski definition) is 8. The van der Waals surface area contributed by atoms with Crippen LogP contribution in [0.1, 0.15) is 18.1 Å². The Labute approximate surface area is 218 Å². The van der Waals surface area contributed by atoms with Gasteiger partial charge in [-0.1, -0.05) is 30.3 Å². The summed E-state index contributed by atoms with van der Waals surface area (Å²) in [7, 11) is 0. The number of aromatic nitrogens is 1. The Hall–Kier alpha value is -4.42. The van der Waals surface area contributed by atoms with Crippen LogP contribution in [-0.2, 0) is 32.0 Å². The van der Waals surface area contributed by atoms with Gasteiger partial charge in [-0.3, -0.25) is 14.4 Å². The SMILES string of the molecule is CC(O)C(NC(=O)CN)C(=O)NC(Cc1c[nH]c2ccccc12)C(=O)NC(Cc1ccc(O)cc1)C(=O)O. The lowest BCUT2D eigenvalue weighted by atomic mass is 10.0. The third-order valence-corrected chi connectivity index (χ3v) is 5.99. The van der Waals surface area contributed by atoms with Gasteiger partial charge >= 0.3 is 5.97 Å². The van der Waals surface area contributed by atoms with Crippen molar-refractivity contribution < 1.29 is 34.5 Å². The molecule has 0 spiro atoms. The van der Waals surface area contributed by atoms with E-state index in [9.17, 15) is 34.5 Å². The van der Waals surface area contributed by atoms with Gasteiger partial charge in [-0.05, 0) is 36.2 Å². The fourth-order valence-electron chi connectivity index (χ4n) is 3.97. The number of phenolic OH excluding ortho intramolecular Hbond substituents is 1. The first-order valence-electron chi connectivity index (χ1n) is 11.9. The molecule has 12 nitrogen and oxygen atoms in total. The molecule has 0 bridgehead atoms. The van der Waals surface area contributed by atoms with Crippen molar-refractivity contribution in [1.29, 1.82) is 0 Å². The molecule has 9 N–H and O–H groups in total. The smallest absolute Gasteiger partial charge is 0.326 e. The molecule has 1 heterocycles. The number of aromatic amines is 1. The topological polar surface area (TPSA) is 207 Å². The van der Waals surface area contributed by atoms with Crippen LogP contribution < -0.4 is 21.7 Å². The highest BCUT2D eigenvalue weighted by Crippen LogP contribution is 2.19. The maximum absolute atomic E-state index is 13.4. The van der Waals surface area contributed by atoms with Gasteiger partial charge in [0.05, 0.1) is 12.6 Å². The van der Waals surface area contributed by atoms with Gasteiger partial charge in [0, 0.05) is 29.9 Å². The highest BCUT2D eigenvalue weighted by atomic mass is 16.4. The van der Waals surface area contributed by atoms with Crippen LogP contribution in [0.3, 0.4) is 0 Å². The molecule has 0 aliphatic rings. The number of nitrogens with two attached hydrogens (primary N) is 1. The third kappa shape index (κ3) is 7.31. The van der Waals surface area contributed by atoms with E-state index >= 15 is 0 Å². The molecule has 202 valence electrons. The molecule has 1 aromatic heterocycles. The van der Waals surface area contributed by atoms with E-state index in [2.05, 4.69) is 20.9 Å². The van der Waals surface area contributed by atoms with Crippen LogP contribution in [0.2, 0.25) is 0 Å². The van der Waals surface area contributed by atoms with Crippen LogP contribution in [0.4, 0.5) is 0 Å². The number of nitrogens with one attached hydrogen (secondary N) is 4. The van der Waals surface area contributed by atoms with Crippen molar-refractivity contribution in [1.82, 2.24) is 20.9 Å². The lowest BCUT2D eigenvalue weighted by molar-refractivity contribution is -0.142. The Balaban J connectivity index is 1.86. The summed E-state index contributed by atoms with van der Waals surface area (Å²) in [5.41, 5.74) is 7.36. The van der Waals surface area contributed by atoms with Crippen molar-refractivity contribution in [2.45, 2.75) is 44.0 Å². The molecule has 3 aromatic rings. The zero-order valence-corrected chi connectivity index (χ0v) is 20.7. The molecule has 0 radical (unpaired) electrons. The number of fused-ring (bicyclic) bond motifs is 1. The van der Waals surface area contributed by atoms with E-state index in [0.29, 0.717) is 11.1 Å². The number of benzene rings is 2. The van der Waals surface area contributed by atoms with Crippen molar-refractivity contribution >= 4 is 34.6 Å². The summed E-state index contributed by atoms with van der Waals surface area (Å²) in [6, 6.07) is 9.24. The van der Waals surface area contributed by atoms with Crippen LogP contribution in [0.15, 0.2) is 54.7 Å². The average molecular weight is 526 g/mol. The number of aliphatic hydroxyl groups excluding tert-OH is 1. The molecule has 3 rings (SSSR count).